The molecule has 0 amide bonds. The number of fused-ring (bicyclic) bond motifs is 1. The molecule has 2 aromatic carbocycles. The summed E-state index contributed by atoms with van der Waals surface area (Å²) in [6, 6.07) is 15.5. The second-order valence-electron chi connectivity index (χ2n) is 10.1. The summed E-state index contributed by atoms with van der Waals surface area (Å²) >= 11 is 0. The number of hydrogen-bond donors (Lipinski definition) is 0. The molecule has 0 saturated heterocycles. The van der Waals surface area contributed by atoms with Gasteiger partial charge in [0, 0.05) is 5.56 Å². The van der Waals surface area contributed by atoms with Crippen LogP contribution in [0.5, 0.6) is 0 Å². The number of benzene rings is 2. The quantitative estimate of drug-likeness (QED) is 0.530. The van der Waals surface area contributed by atoms with Crippen LogP contribution in [0, 0.1) is 5.41 Å². The average molecular weight is 399 g/mol. The van der Waals surface area contributed by atoms with Crippen molar-refractivity contribution in [2.24, 2.45) is 15.4 Å². The van der Waals surface area contributed by atoms with E-state index in [4.69, 9.17) is 9.98 Å². The molecular formula is C28H34N2. The van der Waals surface area contributed by atoms with Gasteiger partial charge in [-0.25, -0.2) is 4.99 Å². The molecule has 1 heterocycles. The fraction of sp³-hybridized carbons (Fsp3) is 0.429. The highest BCUT2D eigenvalue weighted by Gasteiger charge is 2.33. The lowest BCUT2D eigenvalue weighted by atomic mass is 9.66. The van der Waals surface area contributed by atoms with Gasteiger partial charge in [-0.1, -0.05) is 77.6 Å². The summed E-state index contributed by atoms with van der Waals surface area (Å²) in [6.45, 7) is 16.4. The zero-order valence-corrected chi connectivity index (χ0v) is 19.2. The van der Waals surface area contributed by atoms with Gasteiger partial charge >= 0.3 is 0 Å². The van der Waals surface area contributed by atoms with Gasteiger partial charge in [0.05, 0.1) is 12.3 Å². The second-order valence-corrected chi connectivity index (χ2v) is 10.1. The number of hydrogen-bond acceptors (Lipinski definition) is 2. The standard InChI is InChI=1S/C28H34N2/c1-7-28(8-2)16-19(3)24-15-21(9-10-22(24)17-28)25-18-29-26(30-25)20-11-13-23(14-12-20)27(4,5)6/h9-15H,3,7-8,16-18H2,1-2,4-6H3. The normalized spacial score (nSPS) is 18.1. The minimum absolute atomic E-state index is 0.156. The molecule has 1 aliphatic carbocycles. The summed E-state index contributed by atoms with van der Waals surface area (Å²) in [5, 5.41) is 0. The van der Waals surface area contributed by atoms with Crippen LogP contribution in [-0.2, 0) is 11.8 Å². The third kappa shape index (κ3) is 3.80. The molecule has 0 unspecified atom stereocenters. The minimum Gasteiger partial charge on any atom is -0.260 e. The Balaban J connectivity index is 1.58. The van der Waals surface area contributed by atoms with Crippen molar-refractivity contribution in [3.8, 4) is 0 Å². The van der Waals surface area contributed by atoms with Gasteiger partial charge in [0.2, 0.25) is 0 Å². The molecule has 0 N–H and O–H groups in total. The van der Waals surface area contributed by atoms with Crippen molar-refractivity contribution in [3.63, 3.8) is 0 Å². The van der Waals surface area contributed by atoms with E-state index < -0.39 is 0 Å². The van der Waals surface area contributed by atoms with Gasteiger partial charge in [-0.2, -0.15) is 0 Å². The largest absolute Gasteiger partial charge is 0.260 e. The van der Waals surface area contributed by atoms with E-state index in [-0.39, 0.29) is 5.41 Å². The fourth-order valence-electron chi connectivity index (χ4n) is 4.78. The summed E-state index contributed by atoms with van der Waals surface area (Å²) in [6.07, 6.45) is 4.68. The maximum absolute atomic E-state index is 4.89. The van der Waals surface area contributed by atoms with E-state index in [1.165, 1.54) is 40.7 Å². The molecule has 0 spiro atoms. The first-order chi connectivity index (χ1) is 14.2. The number of amidine groups is 1. The van der Waals surface area contributed by atoms with Gasteiger partial charge in [0.15, 0.2) is 5.84 Å². The molecule has 0 aromatic heterocycles. The van der Waals surface area contributed by atoms with E-state index >= 15 is 0 Å². The highest BCUT2D eigenvalue weighted by atomic mass is 15.0. The number of allylic oxidation sites excluding steroid dienone is 1. The van der Waals surface area contributed by atoms with Crippen LogP contribution in [0.2, 0.25) is 0 Å². The molecule has 0 saturated carbocycles. The lowest BCUT2D eigenvalue weighted by Gasteiger charge is -2.38. The van der Waals surface area contributed by atoms with Gasteiger partial charge < -0.3 is 0 Å². The summed E-state index contributed by atoms with van der Waals surface area (Å²) in [7, 11) is 0. The topological polar surface area (TPSA) is 24.7 Å². The Bertz CT molecular complexity index is 1030. The summed E-state index contributed by atoms with van der Waals surface area (Å²) in [5.74, 6) is 0.845. The number of aliphatic imine (C=N–C) groups is 2. The molecule has 2 nitrogen and oxygen atoms in total. The zero-order valence-electron chi connectivity index (χ0n) is 19.2. The first-order valence-electron chi connectivity index (χ1n) is 11.3. The first-order valence-corrected chi connectivity index (χ1v) is 11.3. The highest BCUT2D eigenvalue weighted by molar-refractivity contribution is 6.17. The minimum atomic E-state index is 0.156. The van der Waals surface area contributed by atoms with Crippen molar-refractivity contribution < 1.29 is 0 Å². The molecule has 2 aliphatic rings. The van der Waals surface area contributed by atoms with Gasteiger partial charge in [0.1, 0.15) is 0 Å². The molecule has 1 aliphatic heterocycles. The van der Waals surface area contributed by atoms with E-state index in [9.17, 15) is 0 Å². The first kappa shape index (κ1) is 20.8. The van der Waals surface area contributed by atoms with Crippen LogP contribution in [0.4, 0.5) is 0 Å². The smallest absolute Gasteiger partial charge is 0.155 e. The SMILES string of the molecule is C=C1CC(CC)(CC)Cc2ccc(C3=NC(c4ccc(C(C)(C)C)cc4)=NC3)cc21. The van der Waals surface area contributed by atoms with Crippen LogP contribution in [0.25, 0.3) is 5.57 Å². The zero-order chi connectivity index (χ0) is 21.5. The van der Waals surface area contributed by atoms with Crippen LogP contribution >= 0.6 is 0 Å². The third-order valence-corrected chi connectivity index (χ3v) is 7.11. The molecule has 0 bridgehead atoms. The van der Waals surface area contributed by atoms with Gasteiger partial charge in [0.25, 0.3) is 0 Å². The van der Waals surface area contributed by atoms with Crippen molar-refractivity contribution in [1.29, 1.82) is 0 Å². The number of rotatable bonds is 4. The van der Waals surface area contributed by atoms with E-state index in [2.05, 4.69) is 83.7 Å². The summed E-state index contributed by atoms with van der Waals surface area (Å²) in [4.78, 5) is 9.62. The predicted octanol–water partition coefficient (Wildman–Crippen LogP) is 7.00. The van der Waals surface area contributed by atoms with Crippen LogP contribution in [0.1, 0.15) is 81.7 Å². The maximum Gasteiger partial charge on any atom is 0.155 e. The molecule has 0 fully saturated rings. The summed E-state index contributed by atoms with van der Waals surface area (Å²) < 4.78 is 0. The van der Waals surface area contributed by atoms with E-state index in [0.29, 0.717) is 12.0 Å². The molecule has 156 valence electrons. The molecule has 0 radical (unpaired) electrons. The Morgan fingerprint density at radius 1 is 0.933 bits per heavy atom. The van der Waals surface area contributed by atoms with Gasteiger partial charge in [-0.15, -0.1) is 0 Å². The van der Waals surface area contributed by atoms with Crippen LogP contribution in [0.15, 0.2) is 59.0 Å². The second kappa shape index (κ2) is 7.65. The predicted molar refractivity (Wildman–Crippen MR) is 130 cm³/mol. The van der Waals surface area contributed by atoms with Crippen molar-refractivity contribution in [2.75, 3.05) is 6.54 Å². The Morgan fingerprint density at radius 3 is 2.23 bits per heavy atom. The Kier molecular flexibility index (Phi) is 5.30. The van der Waals surface area contributed by atoms with E-state index in [1.807, 2.05) is 0 Å². The Hall–Kier alpha value is -2.48. The average Bonchev–Trinajstić information content (AvgIpc) is 3.23. The Labute approximate surface area is 181 Å². The highest BCUT2D eigenvalue weighted by Crippen LogP contribution is 2.45. The molecular weight excluding hydrogens is 364 g/mol. The molecule has 30 heavy (non-hydrogen) atoms. The van der Waals surface area contributed by atoms with Gasteiger partial charge in [-0.3, -0.25) is 4.99 Å². The third-order valence-electron chi connectivity index (χ3n) is 7.11. The van der Waals surface area contributed by atoms with Crippen LogP contribution < -0.4 is 0 Å². The monoisotopic (exact) mass is 398 g/mol. The van der Waals surface area contributed by atoms with E-state index in [0.717, 1.165) is 30.0 Å². The number of nitrogens with zero attached hydrogens (tertiary/aromatic N) is 2. The van der Waals surface area contributed by atoms with Crippen LogP contribution in [0.3, 0.4) is 0 Å². The lowest BCUT2D eigenvalue weighted by Crippen LogP contribution is -2.27. The molecule has 4 rings (SSSR count). The fourth-order valence-corrected chi connectivity index (χ4v) is 4.78. The van der Waals surface area contributed by atoms with Crippen LogP contribution in [-0.4, -0.2) is 18.1 Å². The van der Waals surface area contributed by atoms with Crippen molar-refractivity contribution >= 4 is 17.1 Å². The molecule has 2 heteroatoms. The Morgan fingerprint density at radius 2 is 1.60 bits per heavy atom. The van der Waals surface area contributed by atoms with Gasteiger partial charge in [-0.05, 0) is 70.4 Å². The molecule has 0 atom stereocenters. The lowest BCUT2D eigenvalue weighted by molar-refractivity contribution is 0.261. The van der Waals surface area contributed by atoms with E-state index in [1.54, 1.807) is 0 Å². The molecule has 2 aromatic rings. The van der Waals surface area contributed by atoms with Crippen molar-refractivity contribution in [3.05, 3.63) is 76.9 Å². The maximum atomic E-state index is 4.89. The van der Waals surface area contributed by atoms with Crippen molar-refractivity contribution in [1.82, 2.24) is 0 Å². The summed E-state index contributed by atoms with van der Waals surface area (Å²) in [5.41, 5.74) is 9.25. The van der Waals surface area contributed by atoms with Crippen molar-refractivity contribution in [2.45, 2.75) is 65.7 Å².